The van der Waals surface area contributed by atoms with E-state index in [2.05, 4.69) is 0 Å². The summed E-state index contributed by atoms with van der Waals surface area (Å²) in [7, 11) is 1.82. The van der Waals surface area contributed by atoms with Crippen molar-refractivity contribution in [3.63, 3.8) is 0 Å². The lowest BCUT2D eigenvalue weighted by Gasteiger charge is -2.22. The first-order valence-corrected chi connectivity index (χ1v) is 7.27. The molecule has 2 saturated carbocycles. The highest BCUT2D eigenvalue weighted by Gasteiger charge is 2.48. The predicted molar refractivity (Wildman–Crippen MR) is 73.9 cm³/mol. The van der Waals surface area contributed by atoms with Crippen molar-refractivity contribution in [1.82, 2.24) is 4.90 Å². The van der Waals surface area contributed by atoms with E-state index < -0.39 is 0 Å². The molecule has 1 aromatic carbocycles. The molecule has 0 radical (unpaired) electrons. The smallest absolute Gasteiger partial charge is 0.225 e. The molecule has 2 fully saturated rings. The molecule has 0 spiro atoms. The van der Waals surface area contributed by atoms with Crippen LogP contribution in [0.15, 0.2) is 24.3 Å². The van der Waals surface area contributed by atoms with Gasteiger partial charge in [-0.05, 0) is 43.2 Å². The van der Waals surface area contributed by atoms with Gasteiger partial charge in [-0.15, -0.1) is 0 Å². The highest BCUT2D eigenvalue weighted by molar-refractivity contribution is 5.79. The minimum atomic E-state index is -0.308. The lowest BCUT2D eigenvalue weighted by molar-refractivity contribution is -0.134. The fraction of sp³-hybridized carbons (Fsp3) is 0.562. The largest absolute Gasteiger partial charge is 0.492 e. The fourth-order valence-electron chi connectivity index (χ4n) is 3.20. The van der Waals surface area contributed by atoms with Crippen LogP contribution in [0.5, 0.6) is 5.75 Å². The Morgan fingerprint density at radius 1 is 1.35 bits per heavy atom. The molecule has 0 heterocycles. The third-order valence-electron chi connectivity index (χ3n) is 4.46. The van der Waals surface area contributed by atoms with Gasteiger partial charge in [0.1, 0.15) is 18.2 Å². The number of ether oxygens (including phenoxy) is 1. The third kappa shape index (κ3) is 2.94. The fourth-order valence-corrected chi connectivity index (χ4v) is 3.20. The van der Waals surface area contributed by atoms with Gasteiger partial charge in [-0.3, -0.25) is 4.79 Å². The maximum atomic E-state index is 13.0. The number of carbonyl (C=O) groups is 1. The average molecular weight is 277 g/mol. The van der Waals surface area contributed by atoms with Crippen LogP contribution in [0.2, 0.25) is 0 Å². The molecule has 0 bridgehead atoms. The molecule has 0 aromatic heterocycles. The zero-order valence-electron chi connectivity index (χ0n) is 11.7. The first-order chi connectivity index (χ1) is 9.63. The Morgan fingerprint density at radius 2 is 2.10 bits per heavy atom. The van der Waals surface area contributed by atoms with Crippen LogP contribution in [0.25, 0.3) is 0 Å². The molecule has 20 heavy (non-hydrogen) atoms. The Kier molecular flexibility index (Phi) is 3.64. The number of halogens is 1. The molecule has 3 nitrogen and oxygen atoms in total. The second-order valence-electron chi connectivity index (χ2n) is 5.99. The molecule has 3 rings (SSSR count). The molecule has 0 saturated heterocycles. The molecular formula is C16H20FNO2. The SMILES string of the molecule is CN(CCOc1cccc(F)c1)C(=O)C1CC2CC2C1. The molecule has 2 aliphatic carbocycles. The molecule has 2 unspecified atom stereocenters. The minimum Gasteiger partial charge on any atom is -0.492 e. The van der Waals surface area contributed by atoms with E-state index in [0.717, 1.165) is 24.7 Å². The Hall–Kier alpha value is -1.58. The highest BCUT2D eigenvalue weighted by Crippen LogP contribution is 2.54. The van der Waals surface area contributed by atoms with E-state index in [1.807, 2.05) is 7.05 Å². The zero-order chi connectivity index (χ0) is 14.1. The molecule has 1 aromatic rings. The quantitative estimate of drug-likeness (QED) is 0.828. The van der Waals surface area contributed by atoms with Crippen molar-refractivity contribution in [2.24, 2.45) is 17.8 Å². The molecule has 108 valence electrons. The van der Waals surface area contributed by atoms with E-state index in [1.54, 1.807) is 17.0 Å². The third-order valence-corrected chi connectivity index (χ3v) is 4.46. The summed E-state index contributed by atoms with van der Waals surface area (Å²) in [6, 6.07) is 6.07. The second kappa shape index (κ2) is 5.43. The first kappa shape index (κ1) is 13.4. The minimum absolute atomic E-state index is 0.220. The Balaban J connectivity index is 1.42. The topological polar surface area (TPSA) is 29.5 Å². The molecule has 0 N–H and O–H groups in total. The summed E-state index contributed by atoms with van der Waals surface area (Å²) >= 11 is 0. The van der Waals surface area contributed by atoms with E-state index in [0.29, 0.717) is 18.9 Å². The maximum absolute atomic E-state index is 13.0. The first-order valence-electron chi connectivity index (χ1n) is 7.27. The van der Waals surface area contributed by atoms with Crippen LogP contribution >= 0.6 is 0 Å². The van der Waals surface area contributed by atoms with Crippen LogP contribution in [0.3, 0.4) is 0 Å². The predicted octanol–water partition coefficient (Wildman–Crippen LogP) is 2.71. The number of hydrogen-bond acceptors (Lipinski definition) is 2. The summed E-state index contributed by atoms with van der Waals surface area (Å²) in [6.07, 6.45) is 3.47. The number of amides is 1. The molecule has 0 aliphatic heterocycles. The van der Waals surface area contributed by atoms with E-state index in [1.165, 1.54) is 18.6 Å². The maximum Gasteiger partial charge on any atom is 0.225 e. The Labute approximate surface area is 118 Å². The summed E-state index contributed by atoms with van der Waals surface area (Å²) in [5.41, 5.74) is 0. The van der Waals surface area contributed by atoms with Gasteiger partial charge in [0.25, 0.3) is 0 Å². The van der Waals surface area contributed by atoms with Gasteiger partial charge in [-0.25, -0.2) is 4.39 Å². The number of benzene rings is 1. The van der Waals surface area contributed by atoms with Crippen molar-refractivity contribution in [3.8, 4) is 5.75 Å². The van der Waals surface area contributed by atoms with Crippen molar-refractivity contribution in [1.29, 1.82) is 0 Å². The summed E-state index contributed by atoms with van der Waals surface area (Å²) in [6.45, 7) is 0.937. The lowest BCUT2D eigenvalue weighted by Crippen LogP contribution is -2.35. The van der Waals surface area contributed by atoms with Gasteiger partial charge in [-0.1, -0.05) is 6.07 Å². The molecular weight excluding hydrogens is 257 g/mol. The van der Waals surface area contributed by atoms with Gasteiger partial charge in [0.2, 0.25) is 5.91 Å². The van der Waals surface area contributed by atoms with Gasteiger partial charge in [0.15, 0.2) is 0 Å². The van der Waals surface area contributed by atoms with Crippen LogP contribution in [0, 0.1) is 23.6 Å². The average Bonchev–Trinajstić information content (AvgIpc) is 3.04. The van der Waals surface area contributed by atoms with Gasteiger partial charge in [0.05, 0.1) is 6.54 Å². The number of likely N-dealkylation sites (N-methyl/N-ethyl adjacent to an activating group) is 1. The van der Waals surface area contributed by atoms with Crippen molar-refractivity contribution in [3.05, 3.63) is 30.1 Å². The van der Waals surface area contributed by atoms with Crippen LogP contribution < -0.4 is 4.74 Å². The molecule has 4 heteroatoms. The van der Waals surface area contributed by atoms with Crippen molar-refractivity contribution < 1.29 is 13.9 Å². The van der Waals surface area contributed by atoms with Gasteiger partial charge in [-0.2, -0.15) is 0 Å². The molecule has 2 aliphatic rings. The van der Waals surface area contributed by atoms with Gasteiger partial charge < -0.3 is 9.64 Å². The number of hydrogen-bond donors (Lipinski definition) is 0. The summed E-state index contributed by atoms with van der Waals surface area (Å²) in [5, 5.41) is 0. The van der Waals surface area contributed by atoms with Crippen molar-refractivity contribution in [2.75, 3.05) is 20.2 Å². The van der Waals surface area contributed by atoms with Crippen LogP contribution in [-0.2, 0) is 4.79 Å². The summed E-state index contributed by atoms with van der Waals surface area (Å²) in [5.74, 6) is 2.30. The van der Waals surface area contributed by atoms with Gasteiger partial charge in [0, 0.05) is 19.0 Å². The zero-order valence-corrected chi connectivity index (χ0v) is 11.7. The van der Waals surface area contributed by atoms with Crippen molar-refractivity contribution in [2.45, 2.75) is 19.3 Å². The van der Waals surface area contributed by atoms with Crippen LogP contribution in [0.1, 0.15) is 19.3 Å². The van der Waals surface area contributed by atoms with E-state index in [9.17, 15) is 9.18 Å². The van der Waals surface area contributed by atoms with Crippen LogP contribution in [-0.4, -0.2) is 31.0 Å². The second-order valence-corrected chi connectivity index (χ2v) is 5.99. The normalized spacial score (nSPS) is 27.0. The van der Waals surface area contributed by atoms with E-state index in [4.69, 9.17) is 4.74 Å². The monoisotopic (exact) mass is 277 g/mol. The number of rotatable bonds is 5. The Morgan fingerprint density at radius 3 is 2.80 bits per heavy atom. The van der Waals surface area contributed by atoms with Crippen LogP contribution in [0.4, 0.5) is 4.39 Å². The van der Waals surface area contributed by atoms with Gasteiger partial charge >= 0.3 is 0 Å². The molecule has 2 atom stereocenters. The van der Waals surface area contributed by atoms with E-state index >= 15 is 0 Å². The summed E-state index contributed by atoms with van der Waals surface area (Å²) < 4.78 is 18.4. The molecule has 1 amide bonds. The number of nitrogens with zero attached hydrogens (tertiary/aromatic N) is 1. The van der Waals surface area contributed by atoms with E-state index in [-0.39, 0.29) is 17.6 Å². The Bertz CT molecular complexity index is 495. The lowest BCUT2D eigenvalue weighted by atomic mass is 10.0. The number of carbonyl (C=O) groups excluding carboxylic acids is 1. The summed E-state index contributed by atoms with van der Waals surface area (Å²) in [4.78, 5) is 14.0. The number of fused-ring (bicyclic) bond motifs is 1. The van der Waals surface area contributed by atoms with Crippen molar-refractivity contribution >= 4 is 5.91 Å². The highest BCUT2D eigenvalue weighted by atomic mass is 19.1. The standard InChI is InChI=1S/C16H20FNO2/c1-18(16(19)13-8-11-7-12(11)9-13)5-6-20-15-4-2-3-14(17)10-15/h2-4,10-13H,5-9H2,1H3.